The Balaban J connectivity index is 1.55. The van der Waals surface area contributed by atoms with Crippen LogP contribution in [0.2, 0.25) is 0 Å². The molecule has 4 nitrogen and oxygen atoms in total. The zero-order valence-corrected chi connectivity index (χ0v) is 14.0. The fourth-order valence-corrected chi connectivity index (χ4v) is 4.06. The highest BCUT2D eigenvalue weighted by Crippen LogP contribution is 2.37. The summed E-state index contributed by atoms with van der Waals surface area (Å²) >= 11 is 3.66. The standard InChI is InChI=1S/C17H19BrN4/c18-14-5-3-4-13-12(14)6-7-15(13)21-16-10-17(20-11-19-16)22-8-1-2-9-22/h3-5,10-11,15H,1-2,6-9H2,(H,19,20,21). The second-order valence-electron chi connectivity index (χ2n) is 6.00. The maximum atomic E-state index is 4.42. The van der Waals surface area contributed by atoms with E-state index in [0.717, 1.165) is 37.6 Å². The molecule has 1 aromatic heterocycles. The number of nitrogens with one attached hydrogen (secondary N) is 1. The van der Waals surface area contributed by atoms with Gasteiger partial charge in [0.15, 0.2) is 0 Å². The second kappa shape index (κ2) is 5.88. The molecule has 0 amide bonds. The van der Waals surface area contributed by atoms with Gasteiger partial charge in [0.2, 0.25) is 0 Å². The molecule has 22 heavy (non-hydrogen) atoms. The first-order valence-corrected chi connectivity index (χ1v) is 8.71. The quantitative estimate of drug-likeness (QED) is 0.901. The smallest absolute Gasteiger partial charge is 0.134 e. The Morgan fingerprint density at radius 2 is 2.05 bits per heavy atom. The highest BCUT2D eigenvalue weighted by Gasteiger charge is 2.24. The van der Waals surface area contributed by atoms with E-state index in [1.54, 1.807) is 6.33 Å². The van der Waals surface area contributed by atoms with Crippen LogP contribution >= 0.6 is 15.9 Å². The number of anilines is 2. The van der Waals surface area contributed by atoms with Gasteiger partial charge >= 0.3 is 0 Å². The Hall–Kier alpha value is -1.62. The molecule has 4 rings (SSSR count). The predicted octanol–water partition coefficient (Wildman–Crippen LogP) is 3.94. The SMILES string of the molecule is Brc1cccc2c1CCC2Nc1cc(N2CCCC2)ncn1. The van der Waals surface area contributed by atoms with Crippen LogP contribution in [-0.2, 0) is 6.42 Å². The Morgan fingerprint density at radius 1 is 1.18 bits per heavy atom. The molecule has 2 heterocycles. The molecule has 1 N–H and O–H groups in total. The summed E-state index contributed by atoms with van der Waals surface area (Å²) in [6, 6.07) is 8.87. The maximum absolute atomic E-state index is 4.42. The molecular weight excluding hydrogens is 340 g/mol. The van der Waals surface area contributed by atoms with E-state index in [4.69, 9.17) is 0 Å². The highest BCUT2D eigenvalue weighted by molar-refractivity contribution is 9.10. The van der Waals surface area contributed by atoms with Gasteiger partial charge in [-0.2, -0.15) is 0 Å². The third-order valence-electron chi connectivity index (χ3n) is 4.62. The van der Waals surface area contributed by atoms with Gasteiger partial charge in [0.1, 0.15) is 18.0 Å². The molecule has 1 aliphatic carbocycles. The van der Waals surface area contributed by atoms with Crippen molar-refractivity contribution < 1.29 is 0 Å². The normalized spacial score (nSPS) is 20.2. The molecule has 1 aliphatic heterocycles. The van der Waals surface area contributed by atoms with Gasteiger partial charge in [-0.3, -0.25) is 0 Å². The first-order valence-electron chi connectivity index (χ1n) is 7.92. The van der Waals surface area contributed by atoms with Crippen molar-refractivity contribution in [2.45, 2.75) is 31.7 Å². The number of halogens is 1. The highest BCUT2D eigenvalue weighted by atomic mass is 79.9. The van der Waals surface area contributed by atoms with E-state index in [0.29, 0.717) is 6.04 Å². The summed E-state index contributed by atoms with van der Waals surface area (Å²) in [5, 5.41) is 3.59. The summed E-state index contributed by atoms with van der Waals surface area (Å²) in [6.07, 6.45) is 6.42. The molecule has 1 atom stereocenters. The second-order valence-corrected chi connectivity index (χ2v) is 6.85. The number of rotatable bonds is 3. The first-order chi connectivity index (χ1) is 10.8. The number of hydrogen-bond donors (Lipinski definition) is 1. The van der Waals surface area contributed by atoms with Crippen LogP contribution in [-0.4, -0.2) is 23.1 Å². The molecule has 2 aliphatic rings. The monoisotopic (exact) mass is 358 g/mol. The number of nitrogens with zero attached hydrogens (tertiary/aromatic N) is 3. The van der Waals surface area contributed by atoms with Gasteiger partial charge in [-0.15, -0.1) is 0 Å². The Labute approximate surface area is 139 Å². The average Bonchev–Trinajstić information content (AvgIpc) is 3.19. The predicted molar refractivity (Wildman–Crippen MR) is 92.3 cm³/mol. The lowest BCUT2D eigenvalue weighted by molar-refractivity contribution is 0.756. The summed E-state index contributed by atoms with van der Waals surface area (Å²) in [5.74, 6) is 1.97. The molecular formula is C17H19BrN4. The topological polar surface area (TPSA) is 41.0 Å². The number of aromatic nitrogens is 2. The molecule has 1 saturated heterocycles. The fourth-order valence-electron chi connectivity index (χ4n) is 3.48. The number of hydrogen-bond acceptors (Lipinski definition) is 4. The van der Waals surface area contributed by atoms with Crippen LogP contribution in [0.1, 0.15) is 36.4 Å². The van der Waals surface area contributed by atoms with Crippen LogP contribution in [0.15, 0.2) is 35.1 Å². The number of fused-ring (bicyclic) bond motifs is 1. The third kappa shape index (κ3) is 2.58. The van der Waals surface area contributed by atoms with Gasteiger partial charge in [0.25, 0.3) is 0 Å². The average molecular weight is 359 g/mol. The minimum atomic E-state index is 0.342. The van der Waals surface area contributed by atoms with Crippen LogP contribution in [0.5, 0.6) is 0 Å². The van der Waals surface area contributed by atoms with Crippen LogP contribution in [0.3, 0.4) is 0 Å². The van der Waals surface area contributed by atoms with Crippen LogP contribution in [0.4, 0.5) is 11.6 Å². The molecule has 0 bridgehead atoms. The minimum Gasteiger partial charge on any atom is -0.363 e. The molecule has 114 valence electrons. The molecule has 0 spiro atoms. The molecule has 0 saturated carbocycles. The molecule has 0 radical (unpaired) electrons. The lowest BCUT2D eigenvalue weighted by Gasteiger charge is -2.19. The van der Waals surface area contributed by atoms with E-state index in [9.17, 15) is 0 Å². The molecule has 5 heteroatoms. The summed E-state index contributed by atoms with van der Waals surface area (Å²) in [4.78, 5) is 11.2. The van der Waals surface area contributed by atoms with Crippen molar-refractivity contribution in [3.05, 3.63) is 46.2 Å². The summed E-state index contributed by atoms with van der Waals surface area (Å²) < 4.78 is 1.22. The van der Waals surface area contributed by atoms with Crippen molar-refractivity contribution in [3.8, 4) is 0 Å². The van der Waals surface area contributed by atoms with Gasteiger partial charge in [0.05, 0.1) is 6.04 Å². The summed E-state index contributed by atoms with van der Waals surface area (Å²) in [7, 11) is 0. The first kappa shape index (κ1) is 14.0. The van der Waals surface area contributed by atoms with Crippen molar-refractivity contribution in [2.75, 3.05) is 23.3 Å². The van der Waals surface area contributed by atoms with Crippen LogP contribution in [0.25, 0.3) is 0 Å². The maximum Gasteiger partial charge on any atom is 0.134 e. The van der Waals surface area contributed by atoms with Crippen molar-refractivity contribution in [1.82, 2.24) is 9.97 Å². The van der Waals surface area contributed by atoms with E-state index >= 15 is 0 Å². The molecule has 1 fully saturated rings. The van der Waals surface area contributed by atoms with E-state index in [1.165, 1.54) is 28.4 Å². The van der Waals surface area contributed by atoms with Crippen LogP contribution in [0, 0.1) is 0 Å². The van der Waals surface area contributed by atoms with Gasteiger partial charge in [0, 0.05) is 23.6 Å². The van der Waals surface area contributed by atoms with Gasteiger partial charge in [-0.05, 0) is 42.9 Å². The van der Waals surface area contributed by atoms with E-state index in [-0.39, 0.29) is 0 Å². The molecule has 1 aromatic carbocycles. The van der Waals surface area contributed by atoms with Gasteiger partial charge in [-0.1, -0.05) is 28.1 Å². The Kier molecular flexibility index (Phi) is 3.74. The minimum absolute atomic E-state index is 0.342. The van der Waals surface area contributed by atoms with Crippen molar-refractivity contribution >= 4 is 27.6 Å². The van der Waals surface area contributed by atoms with Gasteiger partial charge < -0.3 is 10.2 Å². The summed E-state index contributed by atoms with van der Waals surface area (Å²) in [5.41, 5.74) is 2.81. The Bertz CT molecular complexity index is 682. The van der Waals surface area contributed by atoms with Crippen molar-refractivity contribution in [1.29, 1.82) is 0 Å². The molecule has 1 unspecified atom stereocenters. The fraction of sp³-hybridized carbons (Fsp3) is 0.412. The third-order valence-corrected chi connectivity index (χ3v) is 5.36. The lowest BCUT2D eigenvalue weighted by atomic mass is 10.1. The molecule has 2 aromatic rings. The van der Waals surface area contributed by atoms with Crippen molar-refractivity contribution in [3.63, 3.8) is 0 Å². The van der Waals surface area contributed by atoms with Gasteiger partial charge in [-0.25, -0.2) is 9.97 Å². The zero-order chi connectivity index (χ0) is 14.9. The van der Waals surface area contributed by atoms with E-state index < -0.39 is 0 Å². The Morgan fingerprint density at radius 3 is 2.91 bits per heavy atom. The lowest BCUT2D eigenvalue weighted by Crippen LogP contribution is -2.19. The van der Waals surface area contributed by atoms with Crippen molar-refractivity contribution in [2.24, 2.45) is 0 Å². The zero-order valence-electron chi connectivity index (χ0n) is 12.4. The number of benzene rings is 1. The summed E-state index contributed by atoms with van der Waals surface area (Å²) in [6.45, 7) is 2.21. The van der Waals surface area contributed by atoms with E-state index in [1.807, 2.05) is 0 Å². The van der Waals surface area contributed by atoms with E-state index in [2.05, 4.69) is 60.4 Å². The largest absolute Gasteiger partial charge is 0.363 e. The van der Waals surface area contributed by atoms with Crippen LogP contribution < -0.4 is 10.2 Å².